The van der Waals surface area contributed by atoms with Gasteiger partial charge in [0.25, 0.3) is 5.56 Å². The third-order valence-corrected chi connectivity index (χ3v) is 4.44. The molecule has 0 atom stereocenters. The highest BCUT2D eigenvalue weighted by molar-refractivity contribution is 7.98. The van der Waals surface area contributed by atoms with E-state index in [1.807, 2.05) is 24.3 Å². The quantitative estimate of drug-likeness (QED) is 0.664. The van der Waals surface area contributed by atoms with Crippen LogP contribution in [0.1, 0.15) is 5.56 Å². The highest BCUT2D eigenvalue weighted by atomic mass is 32.2. The Balaban J connectivity index is 1.84. The molecule has 24 heavy (non-hydrogen) atoms. The number of thioether (sulfide) groups is 1. The molecule has 0 aliphatic heterocycles. The van der Waals surface area contributed by atoms with E-state index in [0.717, 1.165) is 11.3 Å². The molecule has 0 radical (unpaired) electrons. The average molecular weight is 342 g/mol. The van der Waals surface area contributed by atoms with Crippen molar-refractivity contribution >= 4 is 11.8 Å². The van der Waals surface area contributed by atoms with Gasteiger partial charge in [-0.1, -0.05) is 30.0 Å². The first-order chi connectivity index (χ1) is 11.7. The van der Waals surface area contributed by atoms with Gasteiger partial charge in [-0.15, -0.1) is 0 Å². The Hall–Kier alpha value is -2.60. The number of nitrogens with zero attached hydrogens (tertiary/aromatic N) is 2. The number of methoxy groups -OCH3 is 1. The first-order valence-electron chi connectivity index (χ1n) is 7.27. The normalized spacial score (nSPS) is 10.6. The molecule has 0 aliphatic carbocycles. The SMILES string of the molecule is COc1cccc(CSc2nccn(-c3cccc(F)c3)c2=O)c1. The minimum atomic E-state index is -0.387. The van der Waals surface area contributed by atoms with Gasteiger partial charge < -0.3 is 4.74 Å². The van der Waals surface area contributed by atoms with Crippen molar-refractivity contribution in [3.05, 3.63) is 82.7 Å². The van der Waals surface area contributed by atoms with E-state index in [1.165, 1.54) is 34.7 Å². The molecule has 1 aromatic heterocycles. The fourth-order valence-corrected chi connectivity index (χ4v) is 3.08. The molecule has 0 aliphatic rings. The van der Waals surface area contributed by atoms with Gasteiger partial charge in [0, 0.05) is 18.1 Å². The van der Waals surface area contributed by atoms with E-state index < -0.39 is 0 Å². The van der Waals surface area contributed by atoms with Gasteiger partial charge in [-0.2, -0.15) is 0 Å². The highest BCUT2D eigenvalue weighted by Gasteiger charge is 2.08. The van der Waals surface area contributed by atoms with Crippen LogP contribution >= 0.6 is 11.8 Å². The van der Waals surface area contributed by atoms with Crippen LogP contribution in [0.4, 0.5) is 4.39 Å². The summed E-state index contributed by atoms with van der Waals surface area (Å²) in [7, 11) is 1.61. The number of hydrogen-bond acceptors (Lipinski definition) is 4. The first-order valence-corrected chi connectivity index (χ1v) is 8.25. The third-order valence-electron chi connectivity index (χ3n) is 3.41. The molecular formula is C18H15FN2O2S. The summed E-state index contributed by atoms with van der Waals surface area (Å²) in [5, 5.41) is 0.365. The third kappa shape index (κ3) is 3.65. The van der Waals surface area contributed by atoms with Gasteiger partial charge in [-0.05, 0) is 35.9 Å². The van der Waals surface area contributed by atoms with E-state index in [1.54, 1.807) is 25.4 Å². The molecule has 0 saturated carbocycles. The second-order valence-electron chi connectivity index (χ2n) is 5.03. The van der Waals surface area contributed by atoms with E-state index in [0.29, 0.717) is 16.5 Å². The summed E-state index contributed by atoms with van der Waals surface area (Å²) in [5.74, 6) is 0.972. The van der Waals surface area contributed by atoms with E-state index >= 15 is 0 Å². The maximum absolute atomic E-state index is 13.4. The standard InChI is InChI=1S/C18H15FN2O2S/c1-23-16-7-2-4-13(10-16)12-24-17-18(22)21(9-8-20-17)15-6-3-5-14(19)11-15/h2-11H,12H2,1H3. The lowest BCUT2D eigenvalue weighted by molar-refractivity contribution is 0.414. The van der Waals surface area contributed by atoms with Crippen LogP contribution in [0.5, 0.6) is 5.75 Å². The van der Waals surface area contributed by atoms with Crippen molar-refractivity contribution in [3.8, 4) is 11.4 Å². The molecule has 0 spiro atoms. The fourth-order valence-electron chi connectivity index (χ4n) is 2.24. The second kappa shape index (κ2) is 7.31. The minimum Gasteiger partial charge on any atom is -0.497 e. The second-order valence-corrected chi connectivity index (χ2v) is 5.99. The molecule has 0 bridgehead atoms. The van der Waals surface area contributed by atoms with Crippen molar-refractivity contribution in [1.82, 2.24) is 9.55 Å². The number of benzene rings is 2. The van der Waals surface area contributed by atoms with Gasteiger partial charge in [-0.3, -0.25) is 9.36 Å². The molecule has 6 heteroatoms. The Morgan fingerprint density at radius 3 is 2.83 bits per heavy atom. The summed E-state index contributed by atoms with van der Waals surface area (Å²) in [6, 6.07) is 13.6. The van der Waals surface area contributed by atoms with E-state index in [9.17, 15) is 9.18 Å². The summed E-state index contributed by atoms with van der Waals surface area (Å²) in [6.45, 7) is 0. The van der Waals surface area contributed by atoms with Crippen molar-refractivity contribution in [3.63, 3.8) is 0 Å². The van der Waals surface area contributed by atoms with Crippen molar-refractivity contribution in [2.45, 2.75) is 10.8 Å². The monoisotopic (exact) mass is 342 g/mol. The van der Waals surface area contributed by atoms with Crippen LogP contribution in [0.2, 0.25) is 0 Å². The predicted molar refractivity (Wildman–Crippen MR) is 92.3 cm³/mol. The smallest absolute Gasteiger partial charge is 0.287 e. The van der Waals surface area contributed by atoms with Gasteiger partial charge >= 0.3 is 0 Å². The average Bonchev–Trinajstić information content (AvgIpc) is 2.61. The van der Waals surface area contributed by atoms with E-state index in [2.05, 4.69) is 4.98 Å². The zero-order chi connectivity index (χ0) is 16.9. The number of aromatic nitrogens is 2. The zero-order valence-corrected chi connectivity index (χ0v) is 13.8. The predicted octanol–water partition coefficient (Wildman–Crippen LogP) is 3.67. The maximum atomic E-state index is 13.4. The van der Waals surface area contributed by atoms with Gasteiger partial charge in [0.15, 0.2) is 5.03 Å². The van der Waals surface area contributed by atoms with Crippen LogP contribution < -0.4 is 10.3 Å². The molecule has 4 nitrogen and oxygen atoms in total. The maximum Gasteiger partial charge on any atom is 0.287 e. The number of rotatable bonds is 5. The summed E-state index contributed by atoms with van der Waals surface area (Å²) in [4.78, 5) is 16.7. The Kier molecular flexibility index (Phi) is 4.96. The Morgan fingerprint density at radius 2 is 2.04 bits per heavy atom. The molecule has 3 aromatic rings. The highest BCUT2D eigenvalue weighted by Crippen LogP contribution is 2.21. The molecule has 3 rings (SSSR count). The lowest BCUT2D eigenvalue weighted by Crippen LogP contribution is -2.20. The summed E-state index contributed by atoms with van der Waals surface area (Å²) in [6.07, 6.45) is 3.08. The first kappa shape index (κ1) is 16.3. The minimum absolute atomic E-state index is 0.268. The number of halogens is 1. The van der Waals surface area contributed by atoms with Crippen LogP contribution in [-0.4, -0.2) is 16.7 Å². The summed E-state index contributed by atoms with van der Waals surface area (Å²) < 4.78 is 20.0. The van der Waals surface area contributed by atoms with Crippen molar-refractivity contribution in [2.75, 3.05) is 7.11 Å². The molecular weight excluding hydrogens is 327 g/mol. The van der Waals surface area contributed by atoms with Crippen molar-refractivity contribution < 1.29 is 9.13 Å². The van der Waals surface area contributed by atoms with Crippen LogP contribution in [-0.2, 0) is 5.75 Å². The van der Waals surface area contributed by atoms with E-state index in [-0.39, 0.29) is 11.4 Å². The topological polar surface area (TPSA) is 44.1 Å². The molecule has 0 amide bonds. The summed E-state index contributed by atoms with van der Waals surface area (Å²) in [5.41, 5.74) is 1.24. The molecule has 2 aromatic carbocycles. The van der Waals surface area contributed by atoms with Crippen molar-refractivity contribution in [2.24, 2.45) is 0 Å². The Morgan fingerprint density at radius 1 is 1.21 bits per heavy atom. The van der Waals surface area contributed by atoms with Crippen LogP contribution in [0, 0.1) is 5.82 Å². The molecule has 0 fully saturated rings. The largest absolute Gasteiger partial charge is 0.497 e. The number of ether oxygens (including phenoxy) is 1. The van der Waals surface area contributed by atoms with Crippen molar-refractivity contribution in [1.29, 1.82) is 0 Å². The van der Waals surface area contributed by atoms with Gasteiger partial charge in [-0.25, -0.2) is 9.37 Å². The Labute approximate surface area is 142 Å². The number of hydrogen-bond donors (Lipinski definition) is 0. The lowest BCUT2D eigenvalue weighted by atomic mass is 10.2. The van der Waals surface area contributed by atoms with E-state index in [4.69, 9.17) is 4.74 Å². The molecule has 1 heterocycles. The van der Waals surface area contributed by atoms with Crippen LogP contribution in [0.3, 0.4) is 0 Å². The molecule has 0 saturated heterocycles. The van der Waals surface area contributed by atoms with Gasteiger partial charge in [0.2, 0.25) is 0 Å². The zero-order valence-electron chi connectivity index (χ0n) is 13.0. The van der Waals surface area contributed by atoms with Crippen LogP contribution in [0.25, 0.3) is 5.69 Å². The van der Waals surface area contributed by atoms with Crippen LogP contribution in [0.15, 0.2) is 70.7 Å². The lowest BCUT2D eigenvalue weighted by Gasteiger charge is -2.08. The molecule has 122 valence electrons. The van der Waals surface area contributed by atoms with Gasteiger partial charge in [0.1, 0.15) is 11.6 Å². The summed E-state index contributed by atoms with van der Waals surface area (Å²) >= 11 is 1.34. The molecule has 0 unspecified atom stereocenters. The van der Waals surface area contributed by atoms with Gasteiger partial charge in [0.05, 0.1) is 12.8 Å². The Bertz CT molecular complexity index is 911. The fraction of sp³-hybridized carbons (Fsp3) is 0.111. The molecule has 0 N–H and O–H groups in total.